The van der Waals surface area contributed by atoms with Gasteiger partial charge in [0.2, 0.25) is 0 Å². The van der Waals surface area contributed by atoms with E-state index in [1.54, 1.807) is 7.11 Å². The Morgan fingerprint density at radius 1 is 1.29 bits per heavy atom. The predicted octanol–water partition coefficient (Wildman–Crippen LogP) is 2.86. The van der Waals surface area contributed by atoms with Crippen molar-refractivity contribution in [3.8, 4) is 5.75 Å². The van der Waals surface area contributed by atoms with Gasteiger partial charge >= 0.3 is 0 Å². The van der Waals surface area contributed by atoms with E-state index in [-0.39, 0.29) is 30.6 Å². The van der Waals surface area contributed by atoms with Crippen LogP contribution >= 0.6 is 24.0 Å². The highest BCUT2D eigenvalue weighted by Crippen LogP contribution is 2.37. The van der Waals surface area contributed by atoms with Crippen molar-refractivity contribution in [3.05, 3.63) is 29.8 Å². The molecular weight excluding hydrogens is 379 g/mol. The first-order valence-corrected chi connectivity index (χ1v) is 7.21. The molecule has 2 rings (SSSR count). The monoisotopic (exact) mass is 404 g/mol. The van der Waals surface area contributed by atoms with Gasteiger partial charge in [-0.1, -0.05) is 12.1 Å². The van der Waals surface area contributed by atoms with Crippen LogP contribution in [0.1, 0.15) is 24.8 Å². The lowest BCUT2D eigenvalue weighted by Gasteiger charge is -2.29. The van der Waals surface area contributed by atoms with Gasteiger partial charge in [-0.05, 0) is 31.4 Å². The van der Waals surface area contributed by atoms with E-state index in [2.05, 4.69) is 29.4 Å². The number of aliphatic hydroxyl groups is 1. The molecule has 0 aliphatic carbocycles. The third kappa shape index (κ3) is 4.51. The first kappa shape index (κ1) is 18.1. The number of methoxy groups -OCH3 is 1. The van der Waals surface area contributed by atoms with E-state index in [9.17, 15) is 0 Å². The molecule has 0 saturated heterocycles. The number of nitrogens with zero attached hydrogens (tertiary/aromatic N) is 1. The number of unbranched alkanes of at least 4 members (excludes halogenated alkanes) is 2. The number of aliphatic hydroxyl groups excluding tert-OH is 1. The van der Waals surface area contributed by atoms with Crippen molar-refractivity contribution in [2.24, 2.45) is 0 Å². The van der Waals surface area contributed by atoms with Gasteiger partial charge < -0.3 is 20.1 Å². The minimum absolute atomic E-state index is 0. The lowest BCUT2D eigenvalue weighted by Crippen LogP contribution is -2.27. The summed E-state index contributed by atoms with van der Waals surface area (Å²) in [6.45, 7) is 2.10. The lowest BCUT2D eigenvalue weighted by molar-refractivity contribution is 0.283. The van der Waals surface area contributed by atoms with Crippen molar-refractivity contribution in [3.63, 3.8) is 0 Å². The Bertz CT molecular complexity index is 477. The molecule has 0 aromatic heterocycles. The van der Waals surface area contributed by atoms with E-state index in [4.69, 9.17) is 9.84 Å². The molecule has 0 atom stereocenters. The minimum Gasteiger partial charge on any atom is -0.495 e. The summed E-state index contributed by atoms with van der Waals surface area (Å²) in [5, 5.41) is 12.3. The molecule has 5 heteroatoms. The first-order chi connectivity index (χ1) is 9.77. The maximum absolute atomic E-state index is 8.78. The van der Waals surface area contributed by atoms with Gasteiger partial charge in [-0.15, -0.1) is 24.0 Å². The Labute approximate surface area is 144 Å². The summed E-state index contributed by atoms with van der Waals surface area (Å²) >= 11 is 0. The van der Waals surface area contributed by atoms with E-state index in [1.807, 2.05) is 12.1 Å². The van der Waals surface area contributed by atoms with Gasteiger partial charge in [0.25, 0.3) is 0 Å². The first-order valence-electron chi connectivity index (χ1n) is 7.21. The largest absolute Gasteiger partial charge is 0.495 e. The molecule has 0 radical (unpaired) electrons. The maximum atomic E-state index is 8.78. The minimum atomic E-state index is 0. The number of para-hydroxylation sites is 1. The smallest absolute Gasteiger partial charge is 0.142 e. The van der Waals surface area contributed by atoms with Crippen LogP contribution in [0.2, 0.25) is 0 Å². The zero-order valence-electron chi connectivity index (χ0n) is 12.8. The van der Waals surface area contributed by atoms with E-state index < -0.39 is 0 Å². The number of ether oxygens (including phenoxy) is 1. The second-order valence-corrected chi connectivity index (χ2v) is 5.07. The van der Waals surface area contributed by atoms with Crippen molar-refractivity contribution in [1.29, 1.82) is 0 Å². The fourth-order valence-corrected chi connectivity index (χ4v) is 2.53. The highest BCUT2D eigenvalue weighted by molar-refractivity contribution is 14.0. The number of hydrogen-bond acceptors (Lipinski definition) is 4. The van der Waals surface area contributed by atoms with E-state index >= 15 is 0 Å². The topological polar surface area (TPSA) is 44.7 Å². The summed E-state index contributed by atoms with van der Waals surface area (Å²) < 4.78 is 5.46. The van der Waals surface area contributed by atoms with Crippen LogP contribution in [0.3, 0.4) is 0 Å². The molecule has 1 aliphatic heterocycles. The summed E-state index contributed by atoms with van der Waals surface area (Å²) in [4.78, 5) is 2.20. The number of nitrogens with one attached hydrogen (secondary N) is 1. The lowest BCUT2D eigenvalue weighted by atomic mass is 10.0. The number of rotatable bonds is 7. The van der Waals surface area contributed by atoms with Gasteiger partial charge in [-0.2, -0.15) is 0 Å². The predicted molar refractivity (Wildman–Crippen MR) is 98.6 cm³/mol. The molecule has 4 nitrogen and oxygen atoms in total. The molecule has 0 spiro atoms. The van der Waals surface area contributed by atoms with Crippen LogP contribution in [0.5, 0.6) is 5.75 Å². The molecule has 21 heavy (non-hydrogen) atoms. The average Bonchev–Trinajstić information content (AvgIpc) is 2.48. The van der Waals surface area contributed by atoms with Crippen LogP contribution in [-0.2, 0) is 0 Å². The Balaban J connectivity index is 0.00000220. The van der Waals surface area contributed by atoms with Crippen molar-refractivity contribution < 1.29 is 9.84 Å². The second-order valence-electron chi connectivity index (χ2n) is 5.07. The SMILES string of the molecule is COc1cccc2c1N(C)CC=C2NCCCCCO.I. The Morgan fingerprint density at radius 3 is 2.81 bits per heavy atom. The highest BCUT2D eigenvalue weighted by atomic mass is 127. The molecular formula is C16H25IN2O2. The van der Waals surface area contributed by atoms with Crippen LogP contribution in [0.15, 0.2) is 24.3 Å². The van der Waals surface area contributed by atoms with Gasteiger partial charge in [0.05, 0.1) is 12.8 Å². The number of halogens is 1. The van der Waals surface area contributed by atoms with Crippen LogP contribution in [0.25, 0.3) is 5.70 Å². The van der Waals surface area contributed by atoms with Crippen LogP contribution in [-0.4, -0.2) is 39.0 Å². The molecule has 0 unspecified atom stereocenters. The van der Waals surface area contributed by atoms with Crippen molar-refractivity contribution in [1.82, 2.24) is 5.32 Å². The summed E-state index contributed by atoms with van der Waals surface area (Å²) in [6, 6.07) is 6.15. The quantitative estimate of drug-likeness (QED) is 0.542. The number of anilines is 1. The maximum Gasteiger partial charge on any atom is 0.142 e. The standard InChI is InChI=1S/C16H24N2O2.HI/c1-18-11-9-14(17-10-4-3-5-12-19)13-7-6-8-15(20-2)16(13)18;/h6-9,17,19H,3-5,10-12H2,1-2H3;1H. The van der Waals surface area contributed by atoms with Crippen LogP contribution in [0, 0.1) is 0 Å². The second kappa shape index (κ2) is 9.15. The summed E-state index contributed by atoms with van der Waals surface area (Å²) in [5.74, 6) is 0.915. The van der Waals surface area contributed by atoms with Gasteiger partial charge in [-0.25, -0.2) is 0 Å². The number of likely N-dealkylation sites (N-methyl/N-ethyl adjacent to an activating group) is 1. The van der Waals surface area contributed by atoms with Crippen molar-refractivity contribution >= 4 is 35.4 Å². The normalized spacial score (nSPS) is 13.1. The summed E-state index contributed by atoms with van der Waals surface area (Å²) in [7, 11) is 3.79. The Kier molecular flexibility index (Phi) is 7.88. The highest BCUT2D eigenvalue weighted by Gasteiger charge is 2.19. The van der Waals surface area contributed by atoms with E-state index in [0.29, 0.717) is 0 Å². The molecule has 0 amide bonds. The fourth-order valence-electron chi connectivity index (χ4n) is 2.53. The van der Waals surface area contributed by atoms with Crippen LogP contribution < -0.4 is 15.0 Å². The van der Waals surface area contributed by atoms with Gasteiger partial charge in [-0.3, -0.25) is 0 Å². The third-order valence-corrected chi connectivity index (χ3v) is 3.61. The summed E-state index contributed by atoms with van der Waals surface area (Å²) in [5.41, 5.74) is 3.52. The molecule has 118 valence electrons. The molecule has 0 saturated carbocycles. The number of fused-ring (bicyclic) bond motifs is 1. The van der Waals surface area contributed by atoms with Gasteiger partial charge in [0.15, 0.2) is 0 Å². The molecule has 1 aliphatic rings. The number of benzene rings is 1. The Morgan fingerprint density at radius 2 is 2.10 bits per heavy atom. The van der Waals surface area contributed by atoms with Gasteiger partial charge in [0, 0.05) is 38.0 Å². The summed E-state index contributed by atoms with van der Waals surface area (Å²) in [6.07, 6.45) is 5.23. The zero-order chi connectivity index (χ0) is 14.4. The van der Waals surface area contributed by atoms with Crippen LogP contribution in [0.4, 0.5) is 5.69 Å². The molecule has 1 aromatic rings. The number of hydrogen-bond donors (Lipinski definition) is 2. The zero-order valence-corrected chi connectivity index (χ0v) is 15.1. The molecule has 2 N–H and O–H groups in total. The average molecular weight is 404 g/mol. The molecule has 0 bridgehead atoms. The van der Waals surface area contributed by atoms with Gasteiger partial charge in [0.1, 0.15) is 5.75 Å². The van der Waals surface area contributed by atoms with Crippen molar-refractivity contribution in [2.45, 2.75) is 19.3 Å². The van der Waals surface area contributed by atoms with E-state index in [1.165, 1.54) is 11.3 Å². The fraction of sp³-hybridized carbons (Fsp3) is 0.500. The van der Waals surface area contributed by atoms with Crippen molar-refractivity contribution in [2.75, 3.05) is 38.8 Å². The molecule has 1 heterocycles. The molecule has 1 aromatic carbocycles. The third-order valence-electron chi connectivity index (χ3n) is 3.61. The Hall–Kier alpha value is -0.950. The molecule has 0 fully saturated rings. The van der Waals surface area contributed by atoms with E-state index in [0.717, 1.165) is 43.8 Å².